The smallest absolute Gasteiger partial charge is 0.198 e. The van der Waals surface area contributed by atoms with Gasteiger partial charge in [-0.05, 0) is 20.8 Å². The molecule has 1 N–H and O–H groups in total. The van der Waals surface area contributed by atoms with E-state index in [0.717, 1.165) is 5.56 Å². The van der Waals surface area contributed by atoms with Gasteiger partial charge in [0.05, 0.1) is 0 Å². The lowest BCUT2D eigenvalue weighted by molar-refractivity contribution is -0.00957. The minimum Gasteiger partial charge on any atom is -0.467 e. The van der Waals surface area contributed by atoms with Crippen LogP contribution >= 0.6 is 0 Å². The van der Waals surface area contributed by atoms with E-state index in [-0.39, 0.29) is 18.4 Å². The molecular weight excluding hydrogens is 214 g/mol. The minimum atomic E-state index is -0.140. The molecule has 3 nitrogen and oxygen atoms in total. The Kier molecular flexibility index (Phi) is 3.11. The van der Waals surface area contributed by atoms with Crippen LogP contribution in [0.15, 0.2) is 42.3 Å². The number of nitrogens with zero attached hydrogens (tertiary/aromatic N) is 1. The van der Waals surface area contributed by atoms with E-state index in [9.17, 15) is 5.11 Å². The number of hydrogen-bond donors (Lipinski definition) is 1. The Morgan fingerprint density at radius 3 is 2.41 bits per heavy atom. The fourth-order valence-electron chi connectivity index (χ4n) is 1.92. The molecule has 1 aromatic rings. The van der Waals surface area contributed by atoms with E-state index in [1.54, 1.807) is 0 Å². The third-order valence-corrected chi connectivity index (χ3v) is 2.81. The molecule has 0 saturated carbocycles. The molecule has 2 rings (SSSR count). The molecule has 1 aliphatic rings. The monoisotopic (exact) mass is 233 g/mol. The fraction of sp³-hybridized carbons (Fsp3) is 0.429. The van der Waals surface area contributed by atoms with Crippen LogP contribution in [-0.4, -0.2) is 22.2 Å². The lowest BCUT2D eigenvalue weighted by Crippen LogP contribution is -2.38. The molecule has 0 unspecified atom stereocenters. The summed E-state index contributed by atoms with van der Waals surface area (Å²) in [4.78, 5) is 2.13. The van der Waals surface area contributed by atoms with Gasteiger partial charge in [0.2, 0.25) is 0 Å². The molecule has 0 aliphatic carbocycles. The first-order valence-electron chi connectivity index (χ1n) is 5.84. The minimum absolute atomic E-state index is 0.0442. The topological polar surface area (TPSA) is 32.7 Å². The summed E-state index contributed by atoms with van der Waals surface area (Å²) in [6, 6.07) is 10.1. The predicted molar refractivity (Wildman–Crippen MR) is 67.0 cm³/mol. The molecule has 17 heavy (non-hydrogen) atoms. The average molecular weight is 233 g/mol. The van der Waals surface area contributed by atoms with E-state index in [1.165, 1.54) is 0 Å². The highest BCUT2D eigenvalue weighted by Crippen LogP contribution is 2.36. The van der Waals surface area contributed by atoms with Crippen LogP contribution in [0.4, 0.5) is 0 Å². The molecule has 1 aromatic carbocycles. The van der Waals surface area contributed by atoms with Gasteiger partial charge in [-0.3, -0.25) is 0 Å². The Balaban J connectivity index is 2.30. The van der Waals surface area contributed by atoms with Gasteiger partial charge in [-0.2, -0.15) is 0 Å². The maximum absolute atomic E-state index is 9.19. The zero-order valence-electron chi connectivity index (χ0n) is 10.6. The SMILES string of the molecule is CC(C)(C)N1C=C(CO)O[C@@H]1c1ccccc1. The summed E-state index contributed by atoms with van der Waals surface area (Å²) in [6.45, 7) is 6.32. The van der Waals surface area contributed by atoms with Gasteiger partial charge in [-0.25, -0.2) is 0 Å². The zero-order chi connectivity index (χ0) is 12.5. The van der Waals surface area contributed by atoms with Crippen LogP contribution in [0.2, 0.25) is 0 Å². The summed E-state index contributed by atoms with van der Waals surface area (Å²) in [5, 5.41) is 9.19. The Bertz CT molecular complexity index is 406. The molecule has 0 radical (unpaired) electrons. The normalized spacial score (nSPS) is 20.1. The van der Waals surface area contributed by atoms with E-state index in [4.69, 9.17) is 4.74 Å². The van der Waals surface area contributed by atoms with Crippen LogP contribution in [0, 0.1) is 0 Å². The van der Waals surface area contributed by atoms with Gasteiger partial charge in [-0.1, -0.05) is 30.3 Å². The highest BCUT2D eigenvalue weighted by atomic mass is 16.5. The molecule has 0 bridgehead atoms. The molecule has 1 aliphatic heterocycles. The van der Waals surface area contributed by atoms with Crippen molar-refractivity contribution in [2.75, 3.05) is 6.61 Å². The van der Waals surface area contributed by atoms with Crippen molar-refractivity contribution in [1.29, 1.82) is 0 Å². The molecule has 0 spiro atoms. The van der Waals surface area contributed by atoms with Gasteiger partial charge in [0, 0.05) is 17.3 Å². The van der Waals surface area contributed by atoms with Gasteiger partial charge in [0.15, 0.2) is 6.23 Å². The number of ether oxygens (including phenoxy) is 1. The van der Waals surface area contributed by atoms with Crippen molar-refractivity contribution >= 4 is 0 Å². The zero-order valence-corrected chi connectivity index (χ0v) is 10.6. The first-order chi connectivity index (χ1) is 8.02. The van der Waals surface area contributed by atoms with Gasteiger partial charge < -0.3 is 14.7 Å². The first-order valence-corrected chi connectivity index (χ1v) is 5.84. The molecule has 0 aromatic heterocycles. The second-order valence-corrected chi connectivity index (χ2v) is 5.21. The summed E-state index contributed by atoms with van der Waals surface area (Å²) in [5.74, 6) is 0.619. The summed E-state index contributed by atoms with van der Waals surface area (Å²) in [6.07, 6.45) is 1.76. The molecule has 1 heterocycles. The number of aliphatic hydroxyl groups is 1. The van der Waals surface area contributed by atoms with Crippen LogP contribution in [0.1, 0.15) is 32.6 Å². The highest BCUT2D eigenvalue weighted by molar-refractivity contribution is 5.21. The predicted octanol–water partition coefficient (Wildman–Crippen LogP) is 2.65. The second-order valence-electron chi connectivity index (χ2n) is 5.21. The Labute approximate surface area is 102 Å². The Morgan fingerprint density at radius 2 is 1.88 bits per heavy atom. The van der Waals surface area contributed by atoms with Gasteiger partial charge >= 0.3 is 0 Å². The van der Waals surface area contributed by atoms with Crippen LogP contribution in [0.3, 0.4) is 0 Å². The van der Waals surface area contributed by atoms with Crippen molar-refractivity contribution in [3.05, 3.63) is 47.9 Å². The number of hydrogen-bond acceptors (Lipinski definition) is 3. The van der Waals surface area contributed by atoms with E-state index in [0.29, 0.717) is 5.76 Å². The summed E-state index contributed by atoms with van der Waals surface area (Å²) < 4.78 is 5.77. The third-order valence-electron chi connectivity index (χ3n) is 2.81. The van der Waals surface area contributed by atoms with Crippen molar-refractivity contribution in [2.45, 2.75) is 32.5 Å². The second kappa shape index (κ2) is 4.41. The van der Waals surface area contributed by atoms with Crippen molar-refractivity contribution < 1.29 is 9.84 Å². The molecule has 92 valence electrons. The maximum Gasteiger partial charge on any atom is 0.198 e. The standard InChI is InChI=1S/C14H19NO2/c1-14(2,3)15-9-12(10-16)17-13(15)11-7-5-4-6-8-11/h4-9,13,16H,10H2,1-3H3/t13-/m1/s1. The average Bonchev–Trinajstić information content (AvgIpc) is 2.74. The summed E-state index contributed by atoms with van der Waals surface area (Å²) in [7, 11) is 0. The first kappa shape index (κ1) is 12.0. The number of rotatable bonds is 2. The molecule has 0 amide bonds. The third kappa shape index (κ3) is 2.44. The van der Waals surface area contributed by atoms with Crippen molar-refractivity contribution in [1.82, 2.24) is 4.90 Å². The Morgan fingerprint density at radius 1 is 1.24 bits per heavy atom. The van der Waals surface area contributed by atoms with Crippen LogP contribution < -0.4 is 0 Å². The van der Waals surface area contributed by atoms with Crippen molar-refractivity contribution in [3.8, 4) is 0 Å². The van der Waals surface area contributed by atoms with Crippen molar-refractivity contribution in [2.24, 2.45) is 0 Å². The van der Waals surface area contributed by atoms with Crippen LogP contribution in [0.25, 0.3) is 0 Å². The van der Waals surface area contributed by atoms with Crippen molar-refractivity contribution in [3.63, 3.8) is 0 Å². The number of aliphatic hydroxyl groups excluding tert-OH is 1. The Hall–Kier alpha value is -1.48. The van der Waals surface area contributed by atoms with E-state index in [1.807, 2.05) is 36.5 Å². The summed E-state index contributed by atoms with van der Waals surface area (Å²) >= 11 is 0. The van der Waals surface area contributed by atoms with E-state index >= 15 is 0 Å². The highest BCUT2D eigenvalue weighted by Gasteiger charge is 2.34. The van der Waals surface area contributed by atoms with E-state index in [2.05, 4.69) is 25.7 Å². The lowest BCUT2D eigenvalue weighted by Gasteiger charge is -2.36. The largest absolute Gasteiger partial charge is 0.467 e. The molecule has 1 atom stereocenters. The fourth-order valence-corrected chi connectivity index (χ4v) is 1.92. The van der Waals surface area contributed by atoms with E-state index < -0.39 is 0 Å². The number of benzene rings is 1. The molecule has 3 heteroatoms. The molecule has 0 saturated heterocycles. The molecule has 0 fully saturated rings. The lowest BCUT2D eigenvalue weighted by atomic mass is 10.0. The summed E-state index contributed by atoms with van der Waals surface area (Å²) in [5.41, 5.74) is 1.05. The maximum atomic E-state index is 9.19. The van der Waals surface area contributed by atoms with Gasteiger partial charge in [-0.15, -0.1) is 0 Å². The quantitative estimate of drug-likeness (QED) is 0.852. The van der Waals surface area contributed by atoms with Gasteiger partial charge in [0.1, 0.15) is 12.4 Å². The molecular formula is C14H19NO2. The van der Waals surface area contributed by atoms with Crippen LogP contribution in [-0.2, 0) is 4.74 Å². The van der Waals surface area contributed by atoms with Gasteiger partial charge in [0.25, 0.3) is 0 Å². The van der Waals surface area contributed by atoms with Crippen LogP contribution in [0.5, 0.6) is 0 Å².